The molecule has 0 radical (unpaired) electrons. The lowest BCUT2D eigenvalue weighted by atomic mass is 9.88. The molecule has 0 saturated carbocycles. The van der Waals surface area contributed by atoms with Gasteiger partial charge in [-0.15, -0.1) is 0 Å². The zero-order chi connectivity index (χ0) is 20.4. The number of hydrogen-bond donors (Lipinski definition) is 1. The summed E-state index contributed by atoms with van der Waals surface area (Å²) in [5.41, 5.74) is 0.231. The van der Waals surface area contributed by atoms with Gasteiger partial charge in [0.25, 0.3) is 5.91 Å². The highest BCUT2D eigenvalue weighted by Crippen LogP contribution is 2.40. The third-order valence-electron chi connectivity index (χ3n) is 5.94. The third-order valence-corrected chi connectivity index (χ3v) is 6.20. The quantitative estimate of drug-likeness (QED) is 0.802. The Kier molecular flexibility index (Phi) is 5.95. The Morgan fingerprint density at radius 1 is 1.31 bits per heavy atom. The number of nitrogens with one attached hydrogen (secondary N) is 1. The summed E-state index contributed by atoms with van der Waals surface area (Å²) in [7, 11) is 0. The molecule has 1 aromatic heterocycles. The van der Waals surface area contributed by atoms with Crippen molar-refractivity contribution in [1.29, 1.82) is 0 Å². The standard InChI is InChI=1S/C22H29ClN4O2/c1-16(2)7-11-26-12-8-22(9-13-26)21-24-10-14-27(21)15-19(29-22)20(28)25-18-5-3-17(23)4-6-18/h3-6,10,14,16,19H,7-9,11-13,15H2,1-2H3,(H,25,28). The molecule has 1 atom stereocenters. The lowest BCUT2D eigenvalue weighted by Gasteiger charge is -2.45. The molecule has 1 N–H and O–H groups in total. The molecule has 29 heavy (non-hydrogen) atoms. The van der Waals surface area contributed by atoms with Crippen LogP contribution in [0.3, 0.4) is 0 Å². The predicted molar refractivity (Wildman–Crippen MR) is 114 cm³/mol. The fourth-order valence-corrected chi connectivity index (χ4v) is 4.34. The SMILES string of the molecule is CC(C)CCN1CCC2(CC1)OC(C(=O)Nc1ccc(Cl)cc1)Cn1ccnc12. The molecular weight excluding hydrogens is 388 g/mol. The number of carbonyl (C=O) groups excluding carboxylic acids is 1. The predicted octanol–water partition coefficient (Wildman–Crippen LogP) is 3.91. The van der Waals surface area contributed by atoms with E-state index in [0.29, 0.717) is 17.5 Å². The van der Waals surface area contributed by atoms with E-state index in [1.54, 1.807) is 24.3 Å². The molecule has 156 valence electrons. The summed E-state index contributed by atoms with van der Waals surface area (Å²) in [4.78, 5) is 20.0. The molecule has 2 aromatic rings. The Labute approximate surface area is 177 Å². The van der Waals surface area contributed by atoms with Crippen LogP contribution in [0.1, 0.15) is 38.9 Å². The maximum Gasteiger partial charge on any atom is 0.255 e. The molecule has 2 aliphatic heterocycles. The van der Waals surface area contributed by atoms with Crippen molar-refractivity contribution in [2.24, 2.45) is 5.92 Å². The van der Waals surface area contributed by atoms with E-state index in [1.165, 1.54) is 6.42 Å². The van der Waals surface area contributed by atoms with E-state index in [9.17, 15) is 4.79 Å². The number of ether oxygens (including phenoxy) is 1. The van der Waals surface area contributed by atoms with Gasteiger partial charge in [-0.05, 0) is 56.0 Å². The van der Waals surface area contributed by atoms with Crippen molar-refractivity contribution in [3.63, 3.8) is 0 Å². The van der Waals surface area contributed by atoms with Crippen molar-refractivity contribution < 1.29 is 9.53 Å². The number of nitrogens with zero attached hydrogens (tertiary/aromatic N) is 3. The molecule has 4 rings (SSSR count). The molecular formula is C22H29ClN4O2. The van der Waals surface area contributed by atoms with Crippen molar-refractivity contribution in [2.45, 2.75) is 51.4 Å². The first-order valence-electron chi connectivity index (χ1n) is 10.4. The first-order valence-corrected chi connectivity index (χ1v) is 10.8. The van der Waals surface area contributed by atoms with Crippen LogP contribution in [0.15, 0.2) is 36.7 Å². The number of rotatable bonds is 5. The van der Waals surface area contributed by atoms with Crippen molar-refractivity contribution in [3.8, 4) is 0 Å². The average molecular weight is 417 g/mol. The number of imidazole rings is 1. The number of amides is 1. The monoisotopic (exact) mass is 416 g/mol. The topological polar surface area (TPSA) is 59.4 Å². The van der Waals surface area contributed by atoms with Crippen LogP contribution in [0, 0.1) is 5.92 Å². The van der Waals surface area contributed by atoms with Gasteiger partial charge >= 0.3 is 0 Å². The molecule has 1 amide bonds. The largest absolute Gasteiger partial charge is 0.352 e. The van der Waals surface area contributed by atoms with Crippen LogP contribution in [-0.4, -0.2) is 46.1 Å². The first kappa shape index (κ1) is 20.4. The van der Waals surface area contributed by atoms with Crippen LogP contribution in [-0.2, 0) is 21.7 Å². The van der Waals surface area contributed by atoms with Crippen LogP contribution in [0.2, 0.25) is 5.02 Å². The zero-order valence-electron chi connectivity index (χ0n) is 17.1. The first-order chi connectivity index (χ1) is 13.9. The van der Waals surface area contributed by atoms with Crippen molar-refractivity contribution >= 4 is 23.2 Å². The Morgan fingerprint density at radius 2 is 2.03 bits per heavy atom. The van der Waals surface area contributed by atoms with Crippen LogP contribution in [0.4, 0.5) is 5.69 Å². The Morgan fingerprint density at radius 3 is 2.72 bits per heavy atom. The highest BCUT2D eigenvalue weighted by molar-refractivity contribution is 6.30. The lowest BCUT2D eigenvalue weighted by molar-refractivity contribution is -0.169. The van der Waals surface area contributed by atoms with Gasteiger partial charge in [0, 0.05) is 36.2 Å². The van der Waals surface area contributed by atoms with Crippen LogP contribution in [0.5, 0.6) is 0 Å². The number of carbonyl (C=O) groups is 1. The van der Waals surface area contributed by atoms with E-state index in [-0.39, 0.29) is 5.91 Å². The summed E-state index contributed by atoms with van der Waals surface area (Å²) in [6.07, 6.45) is 6.13. The lowest BCUT2D eigenvalue weighted by Crippen LogP contribution is -2.53. The molecule has 1 fully saturated rings. The number of aromatic nitrogens is 2. The average Bonchev–Trinajstić information content (AvgIpc) is 3.19. The third kappa shape index (κ3) is 4.49. The van der Waals surface area contributed by atoms with E-state index in [1.807, 2.05) is 12.4 Å². The van der Waals surface area contributed by atoms with Gasteiger partial charge in [-0.3, -0.25) is 4.79 Å². The maximum absolute atomic E-state index is 12.9. The Balaban J connectivity index is 1.46. The normalized spacial score (nSPS) is 21.3. The number of fused-ring (bicyclic) bond motifs is 2. The summed E-state index contributed by atoms with van der Waals surface area (Å²) in [6.45, 7) is 8.04. The highest BCUT2D eigenvalue weighted by Gasteiger charge is 2.47. The van der Waals surface area contributed by atoms with Gasteiger partial charge in [-0.1, -0.05) is 25.4 Å². The van der Waals surface area contributed by atoms with Gasteiger partial charge in [0.1, 0.15) is 11.4 Å². The second-order valence-corrected chi connectivity index (χ2v) is 8.96. The minimum Gasteiger partial charge on any atom is -0.352 e. The molecule has 6 nitrogen and oxygen atoms in total. The van der Waals surface area contributed by atoms with Crippen LogP contribution in [0.25, 0.3) is 0 Å². The summed E-state index contributed by atoms with van der Waals surface area (Å²) in [6, 6.07) is 7.13. The van der Waals surface area contributed by atoms with Gasteiger partial charge < -0.3 is 19.5 Å². The molecule has 1 unspecified atom stereocenters. The molecule has 1 spiro atoms. The van der Waals surface area contributed by atoms with Gasteiger partial charge in [-0.2, -0.15) is 0 Å². The number of anilines is 1. The van der Waals surface area contributed by atoms with Gasteiger partial charge in [-0.25, -0.2) is 4.98 Å². The van der Waals surface area contributed by atoms with Crippen molar-refractivity contribution in [1.82, 2.24) is 14.5 Å². The van der Waals surface area contributed by atoms with E-state index in [0.717, 1.165) is 44.0 Å². The van der Waals surface area contributed by atoms with E-state index in [4.69, 9.17) is 16.3 Å². The molecule has 7 heteroatoms. The second-order valence-electron chi connectivity index (χ2n) is 8.52. The summed E-state index contributed by atoms with van der Waals surface area (Å²) < 4.78 is 8.57. The number of halogens is 1. The summed E-state index contributed by atoms with van der Waals surface area (Å²) in [5, 5.41) is 3.60. The van der Waals surface area contributed by atoms with E-state index in [2.05, 4.69) is 33.6 Å². The molecule has 1 saturated heterocycles. The summed E-state index contributed by atoms with van der Waals surface area (Å²) >= 11 is 5.94. The minimum absolute atomic E-state index is 0.131. The van der Waals surface area contributed by atoms with Gasteiger partial charge in [0.2, 0.25) is 0 Å². The number of benzene rings is 1. The zero-order valence-corrected chi connectivity index (χ0v) is 17.9. The molecule has 0 bridgehead atoms. The molecule has 1 aromatic carbocycles. The second kappa shape index (κ2) is 8.46. The maximum atomic E-state index is 12.9. The molecule has 0 aliphatic carbocycles. The minimum atomic E-state index is -0.547. The van der Waals surface area contributed by atoms with Crippen molar-refractivity contribution in [3.05, 3.63) is 47.5 Å². The van der Waals surface area contributed by atoms with Crippen LogP contribution >= 0.6 is 11.6 Å². The Hall–Kier alpha value is -1.89. The molecule has 3 heterocycles. The Bertz CT molecular complexity index is 841. The van der Waals surface area contributed by atoms with E-state index < -0.39 is 11.7 Å². The number of piperidine rings is 1. The van der Waals surface area contributed by atoms with Gasteiger partial charge in [0.05, 0.1) is 6.54 Å². The number of hydrogen-bond acceptors (Lipinski definition) is 4. The highest BCUT2D eigenvalue weighted by atomic mass is 35.5. The van der Waals surface area contributed by atoms with Crippen molar-refractivity contribution in [2.75, 3.05) is 25.0 Å². The summed E-state index contributed by atoms with van der Waals surface area (Å²) in [5.74, 6) is 1.53. The fourth-order valence-electron chi connectivity index (χ4n) is 4.21. The fraction of sp³-hybridized carbons (Fsp3) is 0.545. The van der Waals surface area contributed by atoms with Crippen LogP contribution < -0.4 is 5.32 Å². The smallest absolute Gasteiger partial charge is 0.255 e. The molecule has 2 aliphatic rings. The van der Waals surface area contributed by atoms with Gasteiger partial charge in [0.15, 0.2) is 6.10 Å². The number of likely N-dealkylation sites (tertiary alicyclic amines) is 1. The van der Waals surface area contributed by atoms with E-state index >= 15 is 0 Å².